The van der Waals surface area contributed by atoms with Crippen LogP contribution in [0.3, 0.4) is 0 Å². The lowest BCUT2D eigenvalue weighted by Crippen LogP contribution is -2.32. The average Bonchev–Trinajstić information content (AvgIpc) is 3.40. The van der Waals surface area contributed by atoms with Gasteiger partial charge in [0.15, 0.2) is 0 Å². The smallest absolute Gasteiger partial charge is 0.227 e. The number of likely N-dealkylation sites (tertiary alicyclic amines) is 1. The van der Waals surface area contributed by atoms with Crippen molar-refractivity contribution in [2.24, 2.45) is 5.73 Å². The van der Waals surface area contributed by atoms with Gasteiger partial charge in [0.25, 0.3) is 0 Å². The largest absolute Gasteiger partial charge is 0.340 e. The SMILES string of the molecule is N[C@@H]1CN(C(=O)CCc2nc(-c3ccsc3)no2)C[C@H]1c1ccccc1. The van der Waals surface area contributed by atoms with Crippen molar-refractivity contribution in [3.05, 3.63) is 58.6 Å². The molecule has 1 aromatic carbocycles. The number of rotatable bonds is 5. The van der Waals surface area contributed by atoms with Gasteiger partial charge in [0.1, 0.15) is 0 Å². The highest BCUT2D eigenvalue weighted by molar-refractivity contribution is 7.08. The third kappa shape index (κ3) is 3.54. The zero-order chi connectivity index (χ0) is 17.9. The summed E-state index contributed by atoms with van der Waals surface area (Å²) < 4.78 is 5.26. The van der Waals surface area contributed by atoms with Crippen molar-refractivity contribution in [2.75, 3.05) is 13.1 Å². The number of aryl methyl sites for hydroxylation is 1. The fourth-order valence-electron chi connectivity index (χ4n) is 3.32. The standard InChI is InChI=1S/C19H20N4O2S/c20-16-11-23(10-15(16)13-4-2-1-3-5-13)18(24)7-6-17-21-19(22-25-17)14-8-9-26-12-14/h1-5,8-9,12,15-16H,6-7,10-11,20H2/t15-,16+/m0/s1. The average molecular weight is 368 g/mol. The molecular weight excluding hydrogens is 348 g/mol. The molecule has 3 aromatic rings. The van der Waals surface area contributed by atoms with E-state index in [4.69, 9.17) is 10.3 Å². The van der Waals surface area contributed by atoms with Crippen molar-refractivity contribution < 1.29 is 9.32 Å². The molecule has 26 heavy (non-hydrogen) atoms. The molecular formula is C19H20N4O2S. The van der Waals surface area contributed by atoms with E-state index in [1.54, 1.807) is 11.3 Å². The Morgan fingerprint density at radius 1 is 1.27 bits per heavy atom. The van der Waals surface area contributed by atoms with Crippen LogP contribution in [0.5, 0.6) is 0 Å². The van der Waals surface area contributed by atoms with E-state index in [0.717, 1.165) is 5.56 Å². The van der Waals surface area contributed by atoms with E-state index in [9.17, 15) is 4.79 Å². The first-order valence-corrected chi connectivity index (χ1v) is 9.58. The summed E-state index contributed by atoms with van der Waals surface area (Å²) in [7, 11) is 0. The zero-order valence-electron chi connectivity index (χ0n) is 14.2. The molecule has 1 aliphatic heterocycles. The van der Waals surface area contributed by atoms with E-state index in [1.165, 1.54) is 5.56 Å². The van der Waals surface area contributed by atoms with Crippen molar-refractivity contribution in [3.8, 4) is 11.4 Å². The van der Waals surface area contributed by atoms with Crippen LogP contribution in [0.4, 0.5) is 0 Å². The normalized spacial score (nSPS) is 19.8. The summed E-state index contributed by atoms with van der Waals surface area (Å²) in [5, 5.41) is 7.91. The van der Waals surface area contributed by atoms with Gasteiger partial charge in [-0.15, -0.1) is 0 Å². The van der Waals surface area contributed by atoms with Crippen LogP contribution >= 0.6 is 11.3 Å². The number of aromatic nitrogens is 2. The number of thiophene rings is 1. The highest BCUT2D eigenvalue weighted by Gasteiger charge is 2.33. The molecule has 0 radical (unpaired) electrons. The third-order valence-electron chi connectivity index (χ3n) is 4.75. The van der Waals surface area contributed by atoms with Gasteiger partial charge in [-0.2, -0.15) is 16.3 Å². The van der Waals surface area contributed by atoms with Crippen LogP contribution in [-0.4, -0.2) is 40.1 Å². The van der Waals surface area contributed by atoms with Gasteiger partial charge in [0.05, 0.1) is 0 Å². The Morgan fingerprint density at radius 3 is 2.88 bits per heavy atom. The van der Waals surface area contributed by atoms with Crippen LogP contribution in [0, 0.1) is 0 Å². The highest BCUT2D eigenvalue weighted by atomic mass is 32.1. The Hall–Kier alpha value is -2.51. The molecule has 0 spiro atoms. The molecule has 4 rings (SSSR count). The molecule has 3 heterocycles. The monoisotopic (exact) mass is 368 g/mol. The minimum atomic E-state index is -0.0325. The van der Waals surface area contributed by atoms with Crippen LogP contribution in [0.15, 0.2) is 51.7 Å². The number of benzene rings is 1. The van der Waals surface area contributed by atoms with Gasteiger partial charge < -0.3 is 15.2 Å². The van der Waals surface area contributed by atoms with E-state index in [1.807, 2.05) is 39.9 Å². The lowest BCUT2D eigenvalue weighted by molar-refractivity contribution is -0.130. The first-order valence-electron chi connectivity index (χ1n) is 8.64. The summed E-state index contributed by atoms with van der Waals surface area (Å²) in [6.07, 6.45) is 0.789. The molecule has 1 aliphatic rings. The molecule has 7 heteroatoms. The maximum atomic E-state index is 12.6. The van der Waals surface area contributed by atoms with E-state index in [2.05, 4.69) is 22.3 Å². The van der Waals surface area contributed by atoms with Crippen molar-refractivity contribution in [2.45, 2.75) is 24.8 Å². The van der Waals surface area contributed by atoms with Gasteiger partial charge in [-0.05, 0) is 17.0 Å². The maximum Gasteiger partial charge on any atom is 0.227 e. The number of carbonyl (C=O) groups is 1. The summed E-state index contributed by atoms with van der Waals surface area (Å²) in [5.74, 6) is 1.33. The Balaban J connectivity index is 1.34. The summed E-state index contributed by atoms with van der Waals surface area (Å²) in [4.78, 5) is 18.8. The van der Waals surface area contributed by atoms with Crippen LogP contribution < -0.4 is 5.73 Å². The van der Waals surface area contributed by atoms with E-state index in [-0.39, 0.29) is 17.9 Å². The summed E-state index contributed by atoms with van der Waals surface area (Å²) in [5.41, 5.74) is 8.40. The molecule has 6 nitrogen and oxygen atoms in total. The van der Waals surface area contributed by atoms with Gasteiger partial charge in [-0.1, -0.05) is 35.5 Å². The molecule has 1 amide bonds. The first-order chi connectivity index (χ1) is 12.7. The molecule has 0 aliphatic carbocycles. The number of hydrogen-bond acceptors (Lipinski definition) is 6. The van der Waals surface area contributed by atoms with Crippen LogP contribution in [0.1, 0.15) is 23.8 Å². The summed E-state index contributed by atoms with van der Waals surface area (Å²) in [6.45, 7) is 1.25. The number of hydrogen-bond donors (Lipinski definition) is 1. The van der Waals surface area contributed by atoms with E-state index >= 15 is 0 Å². The fraction of sp³-hybridized carbons (Fsp3) is 0.316. The number of amides is 1. The lowest BCUT2D eigenvalue weighted by atomic mass is 9.95. The predicted octanol–water partition coefficient (Wildman–Crippen LogP) is 2.68. The molecule has 2 aromatic heterocycles. The maximum absolute atomic E-state index is 12.6. The van der Waals surface area contributed by atoms with E-state index < -0.39 is 0 Å². The van der Waals surface area contributed by atoms with Crippen LogP contribution in [0.2, 0.25) is 0 Å². The Labute approximate surface area is 155 Å². The van der Waals surface area contributed by atoms with Crippen molar-refractivity contribution in [1.29, 1.82) is 0 Å². The molecule has 2 atom stereocenters. The van der Waals surface area contributed by atoms with E-state index in [0.29, 0.717) is 37.6 Å². The second kappa shape index (κ2) is 7.39. The molecule has 1 fully saturated rings. The minimum Gasteiger partial charge on any atom is -0.340 e. The van der Waals surface area contributed by atoms with Gasteiger partial charge in [0, 0.05) is 48.8 Å². The van der Waals surface area contributed by atoms with Crippen molar-refractivity contribution in [3.63, 3.8) is 0 Å². The Morgan fingerprint density at radius 2 is 2.12 bits per heavy atom. The molecule has 134 valence electrons. The minimum absolute atomic E-state index is 0.0325. The molecule has 1 saturated heterocycles. The van der Waals surface area contributed by atoms with Gasteiger partial charge >= 0.3 is 0 Å². The second-order valence-electron chi connectivity index (χ2n) is 6.50. The summed E-state index contributed by atoms with van der Waals surface area (Å²) >= 11 is 1.58. The zero-order valence-corrected chi connectivity index (χ0v) is 15.1. The fourth-order valence-corrected chi connectivity index (χ4v) is 3.96. The van der Waals surface area contributed by atoms with Crippen LogP contribution in [-0.2, 0) is 11.2 Å². The van der Waals surface area contributed by atoms with Gasteiger partial charge in [0.2, 0.25) is 17.6 Å². The molecule has 0 saturated carbocycles. The predicted molar refractivity (Wildman–Crippen MR) is 99.7 cm³/mol. The second-order valence-corrected chi connectivity index (χ2v) is 7.28. The third-order valence-corrected chi connectivity index (χ3v) is 5.43. The first kappa shape index (κ1) is 16.9. The topological polar surface area (TPSA) is 85.2 Å². The number of nitrogens with zero attached hydrogens (tertiary/aromatic N) is 3. The molecule has 0 unspecified atom stereocenters. The van der Waals surface area contributed by atoms with Crippen molar-refractivity contribution in [1.82, 2.24) is 15.0 Å². The Bertz CT molecular complexity index is 863. The van der Waals surface area contributed by atoms with Gasteiger partial charge in [-0.25, -0.2) is 0 Å². The highest BCUT2D eigenvalue weighted by Crippen LogP contribution is 2.27. The Kier molecular flexibility index (Phi) is 4.81. The summed E-state index contributed by atoms with van der Waals surface area (Å²) in [6, 6.07) is 12.1. The number of nitrogens with two attached hydrogens (primary N) is 1. The van der Waals surface area contributed by atoms with Crippen molar-refractivity contribution >= 4 is 17.2 Å². The van der Waals surface area contributed by atoms with Crippen LogP contribution in [0.25, 0.3) is 11.4 Å². The lowest BCUT2D eigenvalue weighted by Gasteiger charge is -2.16. The van der Waals surface area contributed by atoms with Gasteiger partial charge in [-0.3, -0.25) is 4.79 Å². The number of carbonyl (C=O) groups excluding carboxylic acids is 1. The quantitative estimate of drug-likeness (QED) is 0.748. The molecule has 0 bridgehead atoms. The molecule has 2 N–H and O–H groups in total.